The number of benzene rings is 1. The average Bonchev–Trinajstić information content (AvgIpc) is 2.49. The van der Waals surface area contributed by atoms with Crippen LogP contribution in [0.1, 0.15) is 62.7 Å². The van der Waals surface area contributed by atoms with E-state index in [-0.39, 0.29) is 11.6 Å². The second-order valence-electron chi connectivity index (χ2n) is 7.04. The molecule has 1 heterocycles. The molecule has 1 spiro atoms. The van der Waals surface area contributed by atoms with E-state index < -0.39 is 5.60 Å². The number of rotatable bonds is 0. The maximum absolute atomic E-state index is 13.4. The van der Waals surface area contributed by atoms with Crippen LogP contribution < -0.4 is 4.74 Å². The molecule has 0 N–H and O–H groups in total. The van der Waals surface area contributed by atoms with Crippen molar-refractivity contribution in [1.82, 2.24) is 0 Å². The predicted octanol–water partition coefficient (Wildman–Crippen LogP) is 4.52. The lowest BCUT2D eigenvalue weighted by Gasteiger charge is -2.37. The highest BCUT2D eigenvalue weighted by Crippen LogP contribution is 2.45. The molecule has 1 saturated carbocycles. The fourth-order valence-corrected chi connectivity index (χ4v) is 3.45. The minimum Gasteiger partial charge on any atom is -0.486 e. The summed E-state index contributed by atoms with van der Waals surface area (Å²) in [6, 6.07) is 4.22. The van der Waals surface area contributed by atoms with E-state index in [1.165, 1.54) is 12.1 Å². The van der Waals surface area contributed by atoms with Gasteiger partial charge >= 0.3 is 0 Å². The molecule has 2 nitrogen and oxygen atoms in total. The fourth-order valence-electron chi connectivity index (χ4n) is 3.45. The quantitative estimate of drug-likeness (QED) is 0.696. The third kappa shape index (κ3) is 2.46. The van der Waals surface area contributed by atoms with Crippen molar-refractivity contribution in [3.05, 3.63) is 29.6 Å². The Bertz CT molecular complexity index is 550. The van der Waals surface area contributed by atoms with Gasteiger partial charge in [-0.15, -0.1) is 0 Å². The molecule has 108 valence electrons. The summed E-state index contributed by atoms with van der Waals surface area (Å²) in [5.41, 5.74) is 0.421. The first-order valence-electron chi connectivity index (χ1n) is 7.41. The summed E-state index contributed by atoms with van der Waals surface area (Å²) in [5, 5.41) is 0. The van der Waals surface area contributed by atoms with E-state index in [0.29, 0.717) is 23.1 Å². The van der Waals surface area contributed by atoms with Crippen LogP contribution in [0.2, 0.25) is 0 Å². The number of carbonyl (C=O) groups excluding carboxylic acids is 1. The summed E-state index contributed by atoms with van der Waals surface area (Å²) in [5.74, 6) is 0.175. The molecule has 1 unspecified atom stereocenters. The molecular formula is C17H21FO2. The normalized spacial score (nSPS) is 28.6. The first kappa shape index (κ1) is 13.6. The Morgan fingerprint density at radius 2 is 1.95 bits per heavy atom. The van der Waals surface area contributed by atoms with Crippen LogP contribution in [0.5, 0.6) is 5.75 Å². The standard InChI is InChI=1S/C17H21FO2/c1-16(2)6-3-7-17(9-8-16)11-14(19)13-5-4-12(18)10-15(13)20-17/h4-5,10H,3,6-9,11H2,1-2H3. The summed E-state index contributed by atoms with van der Waals surface area (Å²) in [7, 11) is 0. The molecule has 1 aromatic rings. The molecule has 20 heavy (non-hydrogen) atoms. The number of hydrogen-bond donors (Lipinski definition) is 0. The largest absolute Gasteiger partial charge is 0.486 e. The molecule has 2 aliphatic rings. The highest BCUT2D eigenvalue weighted by molar-refractivity contribution is 6.00. The number of hydrogen-bond acceptors (Lipinski definition) is 2. The molecule has 0 bridgehead atoms. The molecule has 1 fully saturated rings. The topological polar surface area (TPSA) is 26.3 Å². The van der Waals surface area contributed by atoms with Gasteiger partial charge in [0.25, 0.3) is 0 Å². The van der Waals surface area contributed by atoms with Gasteiger partial charge in [-0.2, -0.15) is 0 Å². The minimum atomic E-state index is -0.411. The van der Waals surface area contributed by atoms with Gasteiger partial charge in [0, 0.05) is 6.07 Å². The Hall–Kier alpha value is -1.38. The second-order valence-corrected chi connectivity index (χ2v) is 7.04. The Labute approximate surface area is 119 Å². The van der Waals surface area contributed by atoms with Gasteiger partial charge in [-0.1, -0.05) is 13.8 Å². The van der Waals surface area contributed by atoms with Gasteiger partial charge in [-0.3, -0.25) is 4.79 Å². The summed E-state index contributed by atoms with van der Waals surface area (Å²) in [6.07, 6.45) is 5.46. The number of fused-ring (bicyclic) bond motifs is 1. The lowest BCUT2D eigenvalue weighted by molar-refractivity contribution is 0.0275. The molecule has 1 aliphatic heterocycles. The van der Waals surface area contributed by atoms with Crippen molar-refractivity contribution in [1.29, 1.82) is 0 Å². The van der Waals surface area contributed by atoms with Gasteiger partial charge in [0.15, 0.2) is 5.78 Å². The van der Waals surface area contributed by atoms with Crippen molar-refractivity contribution in [2.24, 2.45) is 5.41 Å². The lowest BCUT2D eigenvalue weighted by Crippen LogP contribution is -2.41. The van der Waals surface area contributed by atoms with Crippen LogP contribution >= 0.6 is 0 Å². The Morgan fingerprint density at radius 1 is 1.15 bits per heavy atom. The van der Waals surface area contributed by atoms with Crippen molar-refractivity contribution in [3.8, 4) is 5.75 Å². The summed E-state index contributed by atoms with van der Waals surface area (Å²) in [6.45, 7) is 4.54. The Morgan fingerprint density at radius 3 is 2.75 bits per heavy atom. The number of halogens is 1. The van der Waals surface area contributed by atoms with E-state index in [2.05, 4.69) is 13.8 Å². The van der Waals surface area contributed by atoms with Crippen LogP contribution in [0.4, 0.5) is 4.39 Å². The molecule has 3 rings (SSSR count). The number of ether oxygens (including phenoxy) is 1. The summed E-state index contributed by atoms with van der Waals surface area (Å²) >= 11 is 0. The fraction of sp³-hybridized carbons (Fsp3) is 0.588. The van der Waals surface area contributed by atoms with Gasteiger partial charge < -0.3 is 4.74 Å². The van der Waals surface area contributed by atoms with E-state index in [9.17, 15) is 9.18 Å². The first-order valence-corrected chi connectivity index (χ1v) is 7.41. The van der Waals surface area contributed by atoms with E-state index >= 15 is 0 Å². The van der Waals surface area contributed by atoms with Crippen molar-refractivity contribution >= 4 is 5.78 Å². The van der Waals surface area contributed by atoms with Crippen LogP contribution in [-0.2, 0) is 0 Å². The maximum Gasteiger partial charge on any atom is 0.170 e. The second kappa shape index (κ2) is 4.57. The molecule has 3 heteroatoms. The highest BCUT2D eigenvalue weighted by atomic mass is 19.1. The highest BCUT2D eigenvalue weighted by Gasteiger charge is 2.43. The number of ketones is 1. The van der Waals surface area contributed by atoms with E-state index in [0.717, 1.165) is 32.1 Å². The zero-order valence-electron chi connectivity index (χ0n) is 12.2. The SMILES string of the molecule is CC1(C)CCCC2(CC1)CC(=O)c1ccc(F)cc1O2. The monoisotopic (exact) mass is 276 g/mol. The van der Waals surface area contributed by atoms with Gasteiger partial charge in [0.1, 0.15) is 17.2 Å². The Balaban J connectivity index is 1.92. The molecule has 0 aromatic heterocycles. The maximum atomic E-state index is 13.4. The molecule has 1 aliphatic carbocycles. The molecular weight excluding hydrogens is 255 g/mol. The smallest absolute Gasteiger partial charge is 0.170 e. The van der Waals surface area contributed by atoms with Crippen LogP contribution in [0.25, 0.3) is 0 Å². The number of carbonyl (C=O) groups is 1. The Kier molecular flexibility index (Phi) is 3.11. The molecule has 0 saturated heterocycles. The van der Waals surface area contributed by atoms with Crippen molar-refractivity contribution in [2.45, 2.75) is 58.0 Å². The van der Waals surface area contributed by atoms with Crippen molar-refractivity contribution in [3.63, 3.8) is 0 Å². The third-order valence-corrected chi connectivity index (χ3v) is 4.80. The van der Waals surface area contributed by atoms with Crippen molar-refractivity contribution < 1.29 is 13.9 Å². The first-order chi connectivity index (χ1) is 9.39. The zero-order valence-corrected chi connectivity index (χ0v) is 12.2. The lowest BCUT2D eigenvalue weighted by atomic mass is 9.81. The van der Waals surface area contributed by atoms with Crippen LogP contribution in [0.3, 0.4) is 0 Å². The van der Waals surface area contributed by atoms with Gasteiger partial charge in [-0.25, -0.2) is 4.39 Å². The van der Waals surface area contributed by atoms with Crippen molar-refractivity contribution in [2.75, 3.05) is 0 Å². The van der Waals surface area contributed by atoms with Crippen LogP contribution in [-0.4, -0.2) is 11.4 Å². The predicted molar refractivity (Wildman–Crippen MR) is 75.6 cm³/mol. The zero-order chi connectivity index (χ0) is 14.4. The van der Waals surface area contributed by atoms with E-state index in [1.54, 1.807) is 6.07 Å². The van der Waals surface area contributed by atoms with Crippen LogP contribution in [0.15, 0.2) is 18.2 Å². The summed E-state index contributed by atoms with van der Waals surface area (Å²) < 4.78 is 19.5. The summed E-state index contributed by atoms with van der Waals surface area (Å²) in [4.78, 5) is 12.3. The van der Waals surface area contributed by atoms with Gasteiger partial charge in [0.05, 0.1) is 12.0 Å². The van der Waals surface area contributed by atoms with E-state index in [1.807, 2.05) is 0 Å². The van der Waals surface area contributed by atoms with Crippen LogP contribution in [0, 0.1) is 11.2 Å². The minimum absolute atomic E-state index is 0.0888. The molecule has 0 amide bonds. The molecule has 1 aromatic carbocycles. The van der Waals surface area contributed by atoms with E-state index in [4.69, 9.17) is 4.74 Å². The van der Waals surface area contributed by atoms with Gasteiger partial charge in [-0.05, 0) is 49.7 Å². The van der Waals surface area contributed by atoms with Gasteiger partial charge in [0.2, 0.25) is 0 Å². The third-order valence-electron chi connectivity index (χ3n) is 4.80. The number of Topliss-reactive ketones (excluding diaryl/α,β-unsaturated/α-hetero) is 1. The average molecular weight is 276 g/mol. The molecule has 1 atom stereocenters. The molecule has 0 radical (unpaired) electrons.